The summed E-state index contributed by atoms with van der Waals surface area (Å²) in [4.78, 5) is 27.0. The van der Waals surface area contributed by atoms with Crippen LogP contribution in [-0.2, 0) is 4.79 Å². The van der Waals surface area contributed by atoms with Crippen molar-refractivity contribution in [3.8, 4) is 0 Å². The van der Waals surface area contributed by atoms with Crippen LogP contribution in [-0.4, -0.2) is 11.8 Å². The third-order valence-corrected chi connectivity index (χ3v) is 7.55. The van der Waals surface area contributed by atoms with Gasteiger partial charge in [0.05, 0.1) is 0 Å². The molecule has 0 saturated heterocycles. The Morgan fingerprint density at radius 1 is 0.632 bits per heavy atom. The number of nitrogens with one attached hydrogen (secondary N) is 2. The Morgan fingerprint density at radius 3 is 2.00 bits per heavy atom. The molecule has 2 N–H and O–H groups in total. The Morgan fingerprint density at radius 2 is 1.29 bits per heavy atom. The molecule has 0 aromatic heterocycles. The zero-order valence-electron chi connectivity index (χ0n) is 20.0. The van der Waals surface area contributed by atoms with Crippen molar-refractivity contribution in [2.75, 3.05) is 10.6 Å². The normalized spacial score (nSPS) is 11.6. The number of halogens is 2. The molecule has 5 aromatic carbocycles. The highest BCUT2D eigenvalue weighted by Crippen LogP contribution is 2.37. The first kappa shape index (κ1) is 25.9. The van der Waals surface area contributed by atoms with Crippen molar-refractivity contribution in [3.63, 3.8) is 0 Å². The maximum Gasteiger partial charge on any atom is 0.255 e. The minimum Gasteiger partial charge on any atom is -0.325 e. The molecule has 0 aliphatic rings. The number of carbonyl (C=O) groups is 2. The second kappa shape index (κ2) is 11.7. The van der Waals surface area contributed by atoms with Crippen LogP contribution in [0.25, 0.3) is 10.8 Å². The van der Waals surface area contributed by atoms with E-state index in [9.17, 15) is 9.59 Å². The van der Waals surface area contributed by atoms with E-state index in [2.05, 4.69) is 10.6 Å². The zero-order valence-corrected chi connectivity index (χ0v) is 22.4. The third kappa shape index (κ3) is 6.37. The average Bonchev–Trinajstić information content (AvgIpc) is 2.92. The highest BCUT2D eigenvalue weighted by Gasteiger charge is 2.22. The van der Waals surface area contributed by atoms with Crippen molar-refractivity contribution in [1.29, 1.82) is 0 Å². The molecule has 0 spiro atoms. The summed E-state index contributed by atoms with van der Waals surface area (Å²) >= 11 is 13.6. The van der Waals surface area contributed by atoms with Crippen LogP contribution in [0.2, 0.25) is 10.0 Å². The van der Waals surface area contributed by atoms with Crippen molar-refractivity contribution < 1.29 is 9.59 Å². The molecule has 7 heteroatoms. The summed E-state index contributed by atoms with van der Waals surface area (Å²) in [5.74, 6) is -0.383. The van der Waals surface area contributed by atoms with Crippen LogP contribution >= 0.6 is 35.0 Å². The highest BCUT2D eigenvalue weighted by atomic mass is 35.5. The highest BCUT2D eigenvalue weighted by molar-refractivity contribution is 8.00. The van der Waals surface area contributed by atoms with E-state index < -0.39 is 5.25 Å². The number of fused-ring (bicyclic) bond motifs is 1. The molecule has 1 atom stereocenters. The first-order chi connectivity index (χ1) is 18.4. The van der Waals surface area contributed by atoms with Gasteiger partial charge in [-0.25, -0.2) is 0 Å². The van der Waals surface area contributed by atoms with Crippen LogP contribution in [0.4, 0.5) is 11.4 Å². The summed E-state index contributed by atoms with van der Waals surface area (Å²) < 4.78 is 0. The fraction of sp³-hybridized carbons (Fsp3) is 0.0323. The first-order valence-corrected chi connectivity index (χ1v) is 13.5. The Hall–Kier alpha value is -3.77. The fourth-order valence-electron chi connectivity index (χ4n) is 4.02. The monoisotopic (exact) mass is 556 g/mol. The number of hydrogen-bond donors (Lipinski definition) is 2. The Labute approximate surface area is 235 Å². The SMILES string of the molecule is O=C(Nc1ccc(SC(C(=O)Nc2cc(Cl)cc(Cl)c2)c2ccccc2)cc1)c1ccc2ccccc2c1. The third-order valence-electron chi connectivity index (χ3n) is 5.85. The lowest BCUT2D eigenvalue weighted by molar-refractivity contribution is -0.115. The standard InChI is InChI=1S/C31H22Cl2N2O2S/c32-24-17-25(33)19-27(18-24)35-31(37)29(21-7-2-1-3-8-21)38-28-14-12-26(13-15-28)34-30(36)23-11-10-20-6-4-5-9-22(20)16-23/h1-19,29H,(H,34,36)(H,35,37). The maximum atomic E-state index is 13.3. The van der Waals surface area contributed by atoms with Crippen LogP contribution in [0.5, 0.6) is 0 Å². The lowest BCUT2D eigenvalue weighted by Crippen LogP contribution is -2.19. The second-order valence-corrected chi connectivity index (χ2v) is 10.6. The summed E-state index contributed by atoms with van der Waals surface area (Å²) in [6.45, 7) is 0. The van der Waals surface area contributed by atoms with Crippen LogP contribution < -0.4 is 10.6 Å². The fourth-order valence-corrected chi connectivity index (χ4v) is 5.57. The number of anilines is 2. The van der Waals surface area contributed by atoms with Gasteiger partial charge >= 0.3 is 0 Å². The molecule has 0 saturated carbocycles. The molecule has 0 heterocycles. The van der Waals surface area contributed by atoms with E-state index >= 15 is 0 Å². The number of thioether (sulfide) groups is 1. The van der Waals surface area contributed by atoms with Gasteiger partial charge in [-0.15, -0.1) is 11.8 Å². The van der Waals surface area contributed by atoms with Crippen molar-refractivity contribution in [2.45, 2.75) is 10.1 Å². The molecule has 0 radical (unpaired) electrons. The molecule has 2 amide bonds. The quantitative estimate of drug-likeness (QED) is 0.197. The minimum absolute atomic E-state index is 0.183. The molecule has 1 unspecified atom stereocenters. The first-order valence-electron chi connectivity index (χ1n) is 11.8. The molecule has 5 aromatic rings. The molecule has 0 aliphatic carbocycles. The molecule has 188 valence electrons. The number of carbonyl (C=O) groups excluding carboxylic acids is 2. The van der Waals surface area contributed by atoms with Gasteiger partial charge in [0, 0.05) is 31.9 Å². The molecule has 5 rings (SSSR count). The Kier molecular flexibility index (Phi) is 7.99. The lowest BCUT2D eigenvalue weighted by atomic mass is 10.1. The van der Waals surface area contributed by atoms with E-state index in [1.165, 1.54) is 11.8 Å². The van der Waals surface area contributed by atoms with E-state index in [0.29, 0.717) is 27.0 Å². The van der Waals surface area contributed by atoms with Gasteiger partial charge in [-0.3, -0.25) is 9.59 Å². The summed E-state index contributed by atoms with van der Waals surface area (Å²) in [7, 11) is 0. The van der Waals surface area contributed by atoms with E-state index in [-0.39, 0.29) is 11.8 Å². The Balaban J connectivity index is 1.31. The van der Waals surface area contributed by atoms with Gasteiger partial charge in [0.15, 0.2) is 0 Å². The van der Waals surface area contributed by atoms with Gasteiger partial charge in [-0.1, -0.05) is 83.9 Å². The van der Waals surface area contributed by atoms with Crippen LogP contribution in [0.15, 0.2) is 120 Å². The number of rotatable bonds is 7. The van der Waals surface area contributed by atoms with Crippen molar-refractivity contribution >= 4 is 68.9 Å². The van der Waals surface area contributed by atoms with Gasteiger partial charge in [-0.05, 0) is 70.9 Å². The van der Waals surface area contributed by atoms with E-state index in [1.54, 1.807) is 18.2 Å². The maximum absolute atomic E-state index is 13.3. The molecule has 38 heavy (non-hydrogen) atoms. The van der Waals surface area contributed by atoms with Crippen molar-refractivity contribution in [2.24, 2.45) is 0 Å². The molecule has 4 nitrogen and oxygen atoms in total. The zero-order chi connectivity index (χ0) is 26.5. The van der Waals surface area contributed by atoms with Gasteiger partial charge in [0.25, 0.3) is 5.91 Å². The molecular formula is C31H22Cl2N2O2S. The molecular weight excluding hydrogens is 535 g/mol. The minimum atomic E-state index is -0.521. The van der Waals surface area contributed by atoms with Crippen molar-refractivity contribution in [1.82, 2.24) is 0 Å². The van der Waals surface area contributed by atoms with E-state index in [0.717, 1.165) is 21.2 Å². The predicted octanol–water partition coefficient (Wildman–Crippen LogP) is 8.87. The van der Waals surface area contributed by atoms with E-state index in [4.69, 9.17) is 23.2 Å². The van der Waals surface area contributed by atoms with Crippen LogP contribution in [0, 0.1) is 0 Å². The number of amides is 2. The van der Waals surface area contributed by atoms with E-state index in [1.807, 2.05) is 97.1 Å². The number of hydrogen-bond acceptors (Lipinski definition) is 3. The van der Waals surface area contributed by atoms with Gasteiger partial charge in [0.1, 0.15) is 5.25 Å². The topological polar surface area (TPSA) is 58.2 Å². The average molecular weight is 558 g/mol. The number of benzene rings is 5. The largest absolute Gasteiger partial charge is 0.325 e. The van der Waals surface area contributed by atoms with Crippen molar-refractivity contribution in [3.05, 3.63) is 136 Å². The smallest absolute Gasteiger partial charge is 0.255 e. The summed E-state index contributed by atoms with van der Waals surface area (Å²) in [6.07, 6.45) is 0. The Bertz CT molecular complexity index is 1590. The second-order valence-electron chi connectivity index (χ2n) is 8.60. The summed E-state index contributed by atoms with van der Waals surface area (Å²) in [6, 6.07) is 35.5. The summed E-state index contributed by atoms with van der Waals surface area (Å²) in [5.41, 5.74) is 2.64. The molecule has 0 aliphatic heterocycles. The van der Waals surface area contributed by atoms with Crippen LogP contribution in [0.3, 0.4) is 0 Å². The molecule has 0 bridgehead atoms. The van der Waals surface area contributed by atoms with Gasteiger partial charge in [0.2, 0.25) is 5.91 Å². The lowest BCUT2D eigenvalue weighted by Gasteiger charge is -2.18. The predicted molar refractivity (Wildman–Crippen MR) is 158 cm³/mol. The van der Waals surface area contributed by atoms with Gasteiger partial charge in [-0.2, -0.15) is 0 Å². The van der Waals surface area contributed by atoms with Crippen LogP contribution in [0.1, 0.15) is 21.2 Å². The summed E-state index contributed by atoms with van der Waals surface area (Å²) in [5, 5.41) is 8.33. The molecule has 0 fully saturated rings. The van der Waals surface area contributed by atoms with Gasteiger partial charge < -0.3 is 10.6 Å².